The van der Waals surface area contributed by atoms with E-state index in [-0.39, 0.29) is 23.9 Å². The summed E-state index contributed by atoms with van der Waals surface area (Å²) in [6.45, 7) is 0.697. The van der Waals surface area contributed by atoms with Gasteiger partial charge in [-0.15, -0.1) is 0 Å². The Morgan fingerprint density at radius 3 is 2.86 bits per heavy atom. The van der Waals surface area contributed by atoms with Crippen molar-refractivity contribution in [2.45, 2.75) is 57.0 Å². The summed E-state index contributed by atoms with van der Waals surface area (Å²) in [7, 11) is 0. The highest BCUT2D eigenvalue weighted by Gasteiger charge is 2.42. The van der Waals surface area contributed by atoms with E-state index in [2.05, 4.69) is 20.5 Å². The smallest absolute Gasteiger partial charge is 0.247 e. The van der Waals surface area contributed by atoms with Crippen molar-refractivity contribution in [2.75, 3.05) is 6.54 Å². The Morgan fingerprint density at radius 2 is 2.14 bits per heavy atom. The van der Waals surface area contributed by atoms with Crippen LogP contribution in [0, 0.1) is 0 Å². The fourth-order valence-electron chi connectivity index (χ4n) is 3.24. The summed E-state index contributed by atoms with van der Waals surface area (Å²) in [6.07, 6.45) is 7.61. The Bertz CT molecular complexity index is 495. The van der Waals surface area contributed by atoms with Crippen molar-refractivity contribution in [3.63, 3.8) is 0 Å². The topological polar surface area (TPSA) is 91.0 Å². The van der Waals surface area contributed by atoms with Crippen LogP contribution in [0.3, 0.4) is 0 Å². The molecule has 1 aromatic rings. The predicted octanol–water partition coefficient (Wildman–Crippen LogP) is 0.397. The Kier molecular flexibility index (Phi) is 4.28. The van der Waals surface area contributed by atoms with Crippen LogP contribution in [0.25, 0.3) is 0 Å². The highest BCUT2D eigenvalue weighted by molar-refractivity contribution is 6.05. The molecule has 1 aromatic heterocycles. The van der Waals surface area contributed by atoms with Crippen molar-refractivity contribution in [3.8, 4) is 0 Å². The molecule has 0 radical (unpaired) electrons. The standard InChI is InChI=1S/C14H21N5O2/c20-13-8-11(14(21)19(13)10-4-1-2-5-10)15-7-3-6-12-16-9-17-18-12/h9-11,15H,1-8H2,(H,16,17,18). The van der Waals surface area contributed by atoms with Gasteiger partial charge >= 0.3 is 0 Å². The molecule has 1 aliphatic heterocycles. The number of hydrogen-bond acceptors (Lipinski definition) is 5. The van der Waals surface area contributed by atoms with Gasteiger partial charge in [-0.1, -0.05) is 12.8 Å². The van der Waals surface area contributed by atoms with Gasteiger partial charge in [0.2, 0.25) is 11.8 Å². The Balaban J connectivity index is 1.45. The van der Waals surface area contributed by atoms with Gasteiger partial charge in [-0.05, 0) is 25.8 Å². The lowest BCUT2D eigenvalue weighted by Crippen LogP contribution is -2.43. The first kappa shape index (κ1) is 14.2. The Morgan fingerprint density at radius 1 is 1.33 bits per heavy atom. The van der Waals surface area contributed by atoms with Crippen molar-refractivity contribution in [2.24, 2.45) is 0 Å². The minimum Gasteiger partial charge on any atom is -0.305 e. The number of carbonyl (C=O) groups is 2. The molecule has 1 aliphatic carbocycles. The lowest BCUT2D eigenvalue weighted by molar-refractivity contribution is -0.141. The van der Waals surface area contributed by atoms with Crippen LogP contribution in [0.1, 0.15) is 44.3 Å². The van der Waals surface area contributed by atoms with E-state index in [0.717, 1.165) is 44.3 Å². The maximum absolute atomic E-state index is 12.3. The number of H-pyrrole nitrogens is 1. The zero-order valence-electron chi connectivity index (χ0n) is 12.0. The number of aromatic nitrogens is 3. The zero-order chi connectivity index (χ0) is 14.7. The number of amides is 2. The average Bonchev–Trinajstić information content (AvgIpc) is 3.18. The van der Waals surface area contributed by atoms with Gasteiger partial charge in [-0.25, -0.2) is 4.98 Å². The summed E-state index contributed by atoms with van der Waals surface area (Å²) in [5.74, 6) is 0.796. The average molecular weight is 291 g/mol. The van der Waals surface area contributed by atoms with E-state index in [9.17, 15) is 9.59 Å². The van der Waals surface area contributed by atoms with E-state index in [1.54, 1.807) is 0 Å². The molecule has 7 nitrogen and oxygen atoms in total. The van der Waals surface area contributed by atoms with E-state index in [0.29, 0.717) is 13.0 Å². The molecular formula is C14H21N5O2. The van der Waals surface area contributed by atoms with Crippen molar-refractivity contribution in [1.82, 2.24) is 25.4 Å². The van der Waals surface area contributed by atoms with Gasteiger partial charge in [-0.2, -0.15) is 5.10 Å². The molecule has 21 heavy (non-hydrogen) atoms. The van der Waals surface area contributed by atoms with Crippen molar-refractivity contribution < 1.29 is 9.59 Å². The van der Waals surface area contributed by atoms with Crippen LogP contribution in [-0.2, 0) is 16.0 Å². The monoisotopic (exact) mass is 291 g/mol. The minimum absolute atomic E-state index is 0.0142. The molecule has 0 spiro atoms. The maximum atomic E-state index is 12.3. The number of imide groups is 1. The van der Waals surface area contributed by atoms with Crippen LogP contribution in [0.15, 0.2) is 6.33 Å². The van der Waals surface area contributed by atoms with Crippen LogP contribution in [0.2, 0.25) is 0 Å². The first-order valence-corrected chi connectivity index (χ1v) is 7.69. The number of rotatable bonds is 6. The highest BCUT2D eigenvalue weighted by Crippen LogP contribution is 2.28. The van der Waals surface area contributed by atoms with Crippen molar-refractivity contribution in [3.05, 3.63) is 12.2 Å². The van der Waals surface area contributed by atoms with Crippen molar-refractivity contribution >= 4 is 11.8 Å². The second-order valence-corrected chi connectivity index (χ2v) is 5.79. The molecule has 2 amide bonds. The highest BCUT2D eigenvalue weighted by atomic mass is 16.2. The van der Waals surface area contributed by atoms with Gasteiger partial charge in [0.15, 0.2) is 0 Å². The molecular weight excluding hydrogens is 270 g/mol. The zero-order valence-corrected chi connectivity index (χ0v) is 12.0. The quantitative estimate of drug-likeness (QED) is 0.584. The van der Waals surface area contributed by atoms with Gasteiger partial charge in [0.05, 0.1) is 12.5 Å². The molecule has 2 heterocycles. The van der Waals surface area contributed by atoms with Crippen LogP contribution >= 0.6 is 0 Å². The van der Waals surface area contributed by atoms with Gasteiger partial charge in [-0.3, -0.25) is 19.6 Å². The summed E-state index contributed by atoms with van der Waals surface area (Å²) < 4.78 is 0. The molecule has 2 aliphatic rings. The van der Waals surface area contributed by atoms with Gasteiger partial charge in [0.1, 0.15) is 12.2 Å². The molecule has 114 valence electrons. The fraction of sp³-hybridized carbons (Fsp3) is 0.714. The fourth-order valence-corrected chi connectivity index (χ4v) is 3.24. The van der Waals surface area contributed by atoms with E-state index < -0.39 is 0 Å². The Hall–Kier alpha value is -1.76. The van der Waals surface area contributed by atoms with E-state index in [1.807, 2.05) is 0 Å². The van der Waals surface area contributed by atoms with Crippen LogP contribution in [0.5, 0.6) is 0 Å². The molecule has 0 bridgehead atoms. The normalized spacial score (nSPS) is 23.4. The molecule has 1 saturated heterocycles. The van der Waals surface area contributed by atoms with Crippen molar-refractivity contribution in [1.29, 1.82) is 0 Å². The number of aryl methyl sites for hydroxylation is 1. The molecule has 1 saturated carbocycles. The summed E-state index contributed by atoms with van der Waals surface area (Å²) >= 11 is 0. The van der Waals surface area contributed by atoms with Gasteiger partial charge < -0.3 is 5.32 Å². The molecule has 2 fully saturated rings. The molecule has 3 rings (SSSR count). The third-order valence-corrected chi connectivity index (χ3v) is 4.32. The molecule has 0 aromatic carbocycles. The van der Waals surface area contributed by atoms with Gasteiger partial charge in [0, 0.05) is 12.5 Å². The molecule has 7 heteroatoms. The number of aromatic amines is 1. The lowest BCUT2D eigenvalue weighted by Gasteiger charge is -2.22. The van der Waals surface area contributed by atoms with E-state index in [4.69, 9.17) is 0 Å². The first-order valence-electron chi connectivity index (χ1n) is 7.69. The first-order chi connectivity index (χ1) is 10.3. The largest absolute Gasteiger partial charge is 0.305 e. The molecule has 2 N–H and O–H groups in total. The number of nitrogens with zero attached hydrogens (tertiary/aromatic N) is 3. The predicted molar refractivity (Wildman–Crippen MR) is 75.2 cm³/mol. The van der Waals surface area contributed by atoms with E-state index in [1.165, 1.54) is 11.2 Å². The second-order valence-electron chi connectivity index (χ2n) is 5.79. The SMILES string of the molecule is O=C1CC(NCCCc2ncn[nH]2)C(=O)N1C1CCCC1. The molecule has 1 atom stereocenters. The molecule has 1 unspecified atom stereocenters. The second kappa shape index (κ2) is 6.34. The van der Waals surface area contributed by atoms with Gasteiger partial charge in [0.25, 0.3) is 0 Å². The van der Waals surface area contributed by atoms with E-state index >= 15 is 0 Å². The summed E-state index contributed by atoms with van der Waals surface area (Å²) in [5, 5.41) is 9.80. The lowest BCUT2D eigenvalue weighted by atomic mass is 10.2. The summed E-state index contributed by atoms with van der Waals surface area (Å²) in [6, 6.07) is -0.196. The number of carbonyl (C=O) groups excluding carboxylic acids is 2. The summed E-state index contributed by atoms with van der Waals surface area (Å²) in [5.41, 5.74) is 0. The van der Waals surface area contributed by atoms with Crippen LogP contribution in [0.4, 0.5) is 0 Å². The van der Waals surface area contributed by atoms with Crippen LogP contribution < -0.4 is 5.32 Å². The number of hydrogen-bond donors (Lipinski definition) is 2. The van der Waals surface area contributed by atoms with Crippen LogP contribution in [-0.4, -0.2) is 50.5 Å². The number of likely N-dealkylation sites (tertiary alicyclic amines) is 1. The third kappa shape index (κ3) is 3.12. The summed E-state index contributed by atoms with van der Waals surface area (Å²) in [4.78, 5) is 30.0. The number of nitrogens with one attached hydrogen (secondary N) is 2. The Labute approximate surface area is 123 Å². The third-order valence-electron chi connectivity index (χ3n) is 4.32. The minimum atomic E-state index is -0.340. The maximum Gasteiger partial charge on any atom is 0.247 e.